The molecule has 0 amide bonds. The predicted molar refractivity (Wildman–Crippen MR) is 133 cm³/mol. The highest BCUT2D eigenvalue weighted by atomic mass is 16.5. The Bertz CT molecular complexity index is 827. The predicted octanol–water partition coefficient (Wildman–Crippen LogP) is 4.46. The Kier molecular flexibility index (Phi) is 6.47. The highest BCUT2D eigenvalue weighted by molar-refractivity contribution is 5.66. The number of allylic oxidation sites excluding steroid dienone is 1. The maximum absolute atomic E-state index is 12.2. The fraction of sp³-hybridized carbons (Fsp3) is 0.897. The first kappa shape index (κ1) is 24.8. The van der Waals surface area contributed by atoms with Crippen molar-refractivity contribution >= 4 is 5.97 Å². The van der Waals surface area contributed by atoms with E-state index in [1.807, 2.05) is 0 Å². The van der Waals surface area contributed by atoms with E-state index in [4.69, 9.17) is 4.74 Å². The Labute approximate surface area is 206 Å². The molecular formula is C29H47NO4. The number of esters is 1. The summed E-state index contributed by atoms with van der Waals surface area (Å²) in [5.74, 6) is 2.62. The highest BCUT2D eigenvalue weighted by Gasteiger charge is 2.63. The van der Waals surface area contributed by atoms with Crippen LogP contribution in [0.4, 0.5) is 0 Å². The van der Waals surface area contributed by atoms with E-state index in [2.05, 4.69) is 39.1 Å². The number of nitrogens with one attached hydrogen (secondary N) is 1. The van der Waals surface area contributed by atoms with Crippen molar-refractivity contribution in [1.29, 1.82) is 0 Å². The highest BCUT2D eigenvalue weighted by Crippen LogP contribution is 2.67. The molecule has 1 saturated heterocycles. The van der Waals surface area contributed by atoms with Gasteiger partial charge in [-0.05, 0) is 98.3 Å². The van der Waals surface area contributed by atoms with Gasteiger partial charge in [-0.25, -0.2) is 0 Å². The van der Waals surface area contributed by atoms with Crippen LogP contribution in [0.25, 0.3) is 0 Å². The molecule has 0 spiro atoms. The Morgan fingerprint density at radius 3 is 2.65 bits per heavy atom. The van der Waals surface area contributed by atoms with Crippen LogP contribution in [0.5, 0.6) is 0 Å². The fourth-order valence-corrected chi connectivity index (χ4v) is 9.82. The summed E-state index contributed by atoms with van der Waals surface area (Å²) in [4.78, 5) is 12.2. The van der Waals surface area contributed by atoms with E-state index in [0.29, 0.717) is 23.7 Å². The smallest absolute Gasteiger partial charge is 0.302 e. The molecule has 0 radical (unpaired) electrons. The van der Waals surface area contributed by atoms with Crippen LogP contribution < -0.4 is 5.32 Å². The zero-order valence-electron chi connectivity index (χ0n) is 21.9. The maximum atomic E-state index is 12.2. The van der Waals surface area contributed by atoms with Crippen LogP contribution in [0.2, 0.25) is 0 Å². The van der Waals surface area contributed by atoms with E-state index in [1.54, 1.807) is 6.92 Å². The first-order chi connectivity index (χ1) is 16.0. The molecule has 34 heavy (non-hydrogen) atoms. The Hall–Kier alpha value is -0.910. The number of hydrogen-bond donors (Lipinski definition) is 3. The van der Waals surface area contributed by atoms with Gasteiger partial charge in [0.2, 0.25) is 0 Å². The van der Waals surface area contributed by atoms with Gasteiger partial charge in [0.25, 0.3) is 0 Å². The summed E-state index contributed by atoms with van der Waals surface area (Å²) in [5.41, 5.74) is 1.82. The zero-order chi connectivity index (χ0) is 24.4. The molecule has 5 rings (SSSR count). The molecule has 1 heterocycles. The van der Waals surface area contributed by atoms with Crippen molar-refractivity contribution in [2.45, 2.75) is 110 Å². The van der Waals surface area contributed by atoms with Gasteiger partial charge in [0.1, 0.15) is 6.10 Å². The molecule has 4 aliphatic carbocycles. The summed E-state index contributed by atoms with van der Waals surface area (Å²) >= 11 is 0. The summed E-state index contributed by atoms with van der Waals surface area (Å²) < 4.78 is 6.08. The standard InChI is InChI=1S/C29H47NO4/c1-16-12-24(33)27(30-15-16)17(2)26-25(34-18(3)31)14-23-21-7-6-19-13-20(32)8-10-28(19,4)22(21)9-11-29(23,26)5/h6,16-17,20-27,30,32-33H,7-15H2,1-5H3/t16-,17+,20+,21-,22+,23+,24+,25+,26+,27+,28+,29+/m1/s1. The first-order valence-electron chi connectivity index (χ1n) is 14.0. The Morgan fingerprint density at radius 1 is 1.18 bits per heavy atom. The van der Waals surface area contributed by atoms with Gasteiger partial charge in [0.05, 0.1) is 12.2 Å². The van der Waals surface area contributed by atoms with Gasteiger partial charge in [0.15, 0.2) is 0 Å². The average molecular weight is 474 g/mol. The van der Waals surface area contributed by atoms with Gasteiger partial charge in [-0.3, -0.25) is 4.79 Å². The van der Waals surface area contributed by atoms with Crippen LogP contribution in [-0.2, 0) is 9.53 Å². The molecule has 1 aliphatic heterocycles. The number of aliphatic hydroxyl groups is 2. The average Bonchev–Trinajstić information content (AvgIpc) is 3.05. The van der Waals surface area contributed by atoms with Gasteiger partial charge in [-0.1, -0.05) is 39.3 Å². The van der Waals surface area contributed by atoms with E-state index in [1.165, 1.54) is 12.0 Å². The quantitative estimate of drug-likeness (QED) is 0.417. The number of rotatable bonds is 3. The summed E-state index contributed by atoms with van der Waals surface area (Å²) in [5, 5.41) is 25.0. The normalized spacial score (nSPS) is 51.5. The first-order valence-corrected chi connectivity index (χ1v) is 14.0. The summed E-state index contributed by atoms with van der Waals surface area (Å²) in [6.45, 7) is 11.9. The van der Waals surface area contributed by atoms with Crippen molar-refractivity contribution in [2.75, 3.05) is 6.54 Å². The molecule has 0 bridgehead atoms. The molecule has 5 heteroatoms. The Balaban J connectivity index is 1.45. The summed E-state index contributed by atoms with van der Waals surface area (Å²) in [6, 6.07) is 0.0581. The molecular weight excluding hydrogens is 426 g/mol. The Morgan fingerprint density at radius 2 is 1.94 bits per heavy atom. The van der Waals surface area contributed by atoms with E-state index in [0.717, 1.165) is 51.5 Å². The second-order valence-electron chi connectivity index (χ2n) is 13.3. The van der Waals surface area contributed by atoms with E-state index in [9.17, 15) is 15.0 Å². The number of ether oxygens (including phenoxy) is 1. The molecule has 192 valence electrons. The maximum Gasteiger partial charge on any atom is 0.302 e. The minimum Gasteiger partial charge on any atom is -0.462 e. The number of carbonyl (C=O) groups excluding carboxylic acids is 1. The molecule has 3 N–H and O–H groups in total. The van der Waals surface area contributed by atoms with Crippen LogP contribution >= 0.6 is 0 Å². The molecule has 5 aliphatic rings. The van der Waals surface area contributed by atoms with Crippen molar-refractivity contribution in [3.63, 3.8) is 0 Å². The third-order valence-corrected chi connectivity index (χ3v) is 11.4. The third-order valence-electron chi connectivity index (χ3n) is 11.4. The van der Waals surface area contributed by atoms with Crippen molar-refractivity contribution < 1.29 is 19.7 Å². The second-order valence-corrected chi connectivity index (χ2v) is 13.3. The lowest BCUT2D eigenvalue weighted by Gasteiger charge is -2.58. The number of carbonyl (C=O) groups is 1. The lowest BCUT2D eigenvalue weighted by molar-refractivity contribution is -0.151. The van der Waals surface area contributed by atoms with Gasteiger partial charge in [-0.2, -0.15) is 0 Å². The topological polar surface area (TPSA) is 78.8 Å². The summed E-state index contributed by atoms with van der Waals surface area (Å²) in [7, 11) is 0. The van der Waals surface area contributed by atoms with Gasteiger partial charge in [-0.15, -0.1) is 0 Å². The van der Waals surface area contributed by atoms with E-state index >= 15 is 0 Å². The monoisotopic (exact) mass is 473 g/mol. The molecule has 0 unspecified atom stereocenters. The molecule has 5 nitrogen and oxygen atoms in total. The van der Waals surface area contributed by atoms with Crippen LogP contribution in [0, 0.1) is 46.3 Å². The molecule has 4 fully saturated rings. The van der Waals surface area contributed by atoms with Crippen LogP contribution in [0.15, 0.2) is 11.6 Å². The number of fused-ring (bicyclic) bond motifs is 5. The largest absolute Gasteiger partial charge is 0.462 e. The number of hydrogen-bond acceptors (Lipinski definition) is 5. The minimum absolute atomic E-state index is 0.0581. The fourth-order valence-electron chi connectivity index (χ4n) is 9.82. The zero-order valence-corrected chi connectivity index (χ0v) is 21.9. The van der Waals surface area contributed by atoms with Gasteiger partial charge >= 0.3 is 5.97 Å². The van der Waals surface area contributed by atoms with Crippen molar-refractivity contribution in [3.05, 3.63) is 11.6 Å². The minimum atomic E-state index is -0.344. The van der Waals surface area contributed by atoms with Gasteiger partial charge in [0, 0.05) is 18.9 Å². The van der Waals surface area contributed by atoms with Crippen molar-refractivity contribution in [2.24, 2.45) is 46.3 Å². The molecule has 0 aromatic carbocycles. The van der Waals surface area contributed by atoms with E-state index < -0.39 is 0 Å². The van der Waals surface area contributed by atoms with Crippen LogP contribution in [0.1, 0.15) is 86.0 Å². The van der Waals surface area contributed by atoms with E-state index in [-0.39, 0.29) is 53.0 Å². The summed E-state index contributed by atoms with van der Waals surface area (Å²) in [6.07, 6.45) is 10.0. The van der Waals surface area contributed by atoms with Crippen LogP contribution in [-0.4, -0.2) is 47.1 Å². The molecule has 3 saturated carbocycles. The third kappa shape index (κ3) is 3.89. The van der Waals surface area contributed by atoms with Gasteiger partial charge < -0.3 is 20.3 Å². The van der Waals surface area contributed by atoms with Crippen molar-refractivity contribution in [3.8, 4) is 0 Å². The van der Waals surface area contributed by atoms with Crippen molar-refractivity contribution in [1.82, 2.24) is 5.32 Å². The molecule has 0 aromatic rings. The molecule has 0 aromatic heterocycles. The van der Waals surface area contributed by atoms with Crippen LogP contribution in [0.3, 0.4) is 0 Å². The number of aliphatic hydroxyl groups excluding tert-OH is 2. The number of piperidine rings is 1. The lowest BCUT2D eigenvalue weighted by Crippen LogP contribution is -2.57. The molecule has 12 atom stereocenters. The second kappa shape index (κ2) is 8.88. The SMILES string of the molecule is CC(=O)O[C@H]1C[C@H]2[C@@H]3CC=C4C[C@@H](O)CC[C@]4(C)[C@H]3CC[C@]2(C)[C@H]1[C@H](C)[C@@H]1NC[C@H](C)C[C@@H]1O. The lowest BCUT2D eigenvalue weighted by atomic mass is 9.47.